The van der Waals surface area contributed by atoms with Gasteiger partial charge < -0.3 is 9.47 Å². The number of carbonyl (C=O) groups excluding carboxylic acids is 4. The zero-order chi connectivity index (χ0) is 53.3. The topological polar surface area (TPSA) is 93.2 Å². The lowest BCUT2D eigenvalue weighted by Crippen LogP contribution is -2.41. The van der Waals surface area contributed by atoms with Gasteiger partial charge in [-0.05, 0) is 121 Å². The summed E-state index contributed by atoms with van der Waals surface area (Å²) >= 11 is 0. The van der Waals surface area contributed by atoms with E-state index in [4.69, 9.17) is 9.47 Å². The molecule has 0 N–H and O–H groups in total. The van der Waals surface area contributed by atoms with E-state index in [2.05, 4.69) is 148 Å². The fraction of sp³-hybridized carbons (Fsp3) is 0.403. The highest BCUT2D eigenvalue weighted by Crippen LogP contribution is 2.35. The summed E-state index contributed by atoms with van der Waals surface area (Å²) in [5, 5.41) is 0. The number of benzene rings is 2. The van der Waals surface area contributed by atoms with Crippen molar-refractivity contribution in [1.82, 2.24) is 9.80 Å². The monoisotopic (exact) mass is 1020 g/mol. The fourth-order valence-corrected chi connectivity index (χ4v) is 8.12. The second-order valence-electron chi connectivity index (χ2n) is 18.1. The van der Waals surface area contributed by atoms with E-state index in [0.29, 0.717) is 25.7 Å². The van der Waals surface area contributed by atoms with Crippen molar-refractivity contribution in [1.29, 1.82) is 0 Å². The third kappa shape index (κ3) is 26.3. The van der Waals surface area contributed by atoms with Crippen molar-refractivity contribution < 1.29 is 28.7 Å². The lowest BCUT2D eigenvalue weighted by molar-refractivity contribution is -0.133. The van der Waals surface area contributed by atoms with Crippen molar-refractivity contribution in [2.24, 2.45) is 5.92 Å². The fourth-order valence-electron chi connectivity index (χ4n) is 8.12. The maximum atomic E-state index is 13.1. The highest BCUT2D eigenvalue weighted by molar-refractivity contribution is 5.95. The van der Waals surface area contributed by atoms with E-state index in [-0.39, 0.29) is 37.2 Å². The zero-order valence-corrected chi connectivity index (χ0v) is 45.2. The molecule has 0 bridgehead atoms. The van der Waals surface area contributed by atoms with Crippen LogP contribution in [-0.2, 0) is 19.1 Å². The minimum atomic E-state index is -0.552. The molecule has 0 spiro atoms. The summed E-state index contributed by atoms with van der Waals surface area (Å²) in [6, 6.07) is 18.5. The molecule has 4 rings (SSSR count). The first-order valence-electron chi connectivity index (χ1n) is 27.2. The van der Waals surface area contributed by atoms with Gasteiger partial charge in [0.1, 0.15) is 12.2 Å². The molecule has 2 saturated heterocycles. The smallest absolute Gasteiger partial charge is 0.417 e. The maximum Gasteiger partial charge on any atom is 0.417 e. The largest absolute Gasteiger partial charge is 0.439 e. The molecule has 0 aromatic heterocycles. The van der Waals surface area contributed by atoms with Gasteiger partial charge in [0, 0.05) is 12.3 Å². The van der Waals surface area contributed by atoms with Crippen LogP contribution in [0.2, 0.25) is 0 Å². The highest BCUT2D eigenvalue weighted by atomic mass is 16.6. The highest BCUT2D eigenvalue weighted by Gasteiger charge is 2.45. The van der Waals surface area contributed by atoms with E-state index in [1.165, 1.54) is 9.80 Å². The Kier molecular flexibility index (Phi) is 35.6. The number of cyclic esters (lactones) is 2. The van der Waals surface area contributed by atoms with E-state index in [1.54, 1.807) is 0 Å². The van der Waals surface area contributed by atoms with Crippen LogP contribution in [0.25, 0.3) is 0 Å². The maximum absolute atomic E-state index is 13.1. The van der Waals surface area contributed by atoms with Gasteiger partial charge in [0.25, 0.3) is 0 Å². The Bertz CT molecular complexity index is 2270. The normalized spacial score (nSPS) is 18.8. The van der Waals surface area contributed by atoms with Gasteiger partial charge in [-0.15, -0.1) is 0 Å². The molecule has 2 aliphatic rings. The van der Waals surface area contributed by atoms with Crippen molar-refractivity contribution in [3.05, 3.63) is 218 Å². The molecule has 4 amide bonds. The molecule has 75 heavy (non-hydrogen) atoms. The lowest BCUT2D eigenvalue weighted by atomic mass is 9.98. The first-order chi connectivity index (χ1) is 36.2. The van der Waals surface area contributed by atoms with Gasteiger partial charge in [-0.2, -0.15) is 0 Å². The molecule has 2 unspecified atom stereocenters. The number of hydrogen-bond acceptors (Lipinski definition) is 6. The Morgan fingerprint density at radius 2 is 0.760 bits per heavy atom. The Hall–Kier alpha value is -6.80. The molecule has 0 aliphatic carbocycles. The molecule has 2 aliphatic heterocycles. The molecule has 5 atom stereocenters. The number of allylic oxidation sites excluding steroid dienone is 24. The van der Waals surface area contributed by atoms with Crippen molar-refractivity contribution in [2.45, 2.75) is 169 Å². The molecule has 2 fully saturated rings. The summed E-state index contributed by atoms with van der Waals surface area (Å²) in [6.45, 7) is 10.0. The third-order valence-electron chi connectivity index (χ3n) is 12.3. The van der Waals surface area contributed by atoms with Gasteiger partial charge in [0.2, 0.25) is 11.8 Å². The number of nitrogens with zero attached hydrogens (tertiary/aromatic N) is 2. The Morgan fingerprint density at radius 3 is 1.11 bits per heavy atom. The van der Waals surface area contributed by atoms with E-state index in [0.717, 1.165) is 88.2 Å². The van der Waals surface area contributed by atoms with Crippen LogP contribution in [0.5, 0.6) is 0 Å². The van der Waals surface area contributed by atoms with Crippen LogP contribution in [0.15, 0.2) is 206 Å². The van der Waals surface area contributed by atoms with Gasteiger partial charge in [-0.3, -0.25) is 9.59 Å². The molecule has 0 radical (unpaired) electrons. The van der Waals surface area contributed by atoms with Crippen molar-refractivity contribution in [3.8, 4) is 0 Å². The molecule has 2 aromatic rings. The second-order valence-corrected chi connectivity index (χ2v) is 18.1. The van der Waals surface area contributed by atoms with E-state index in [9.17, 15) is 19.2 Å². The quantitative estimate of drug-likeness (QED) is 0.0699. The van der Waals surface area contributed by atoms with Crippen molar-refractivity contribution in [2.75, 3.05) is 0 Å². The van der Waals surface area contributed by atoms with Crippen LogP contribution in [0.4, 0.5) is 9.59 Å². The Morgan fingerprint density at radius 1 is 0.453 bits per heavy atom. The minimum absolute atomic E-state index is 0. The molecule has 2 aromatic carbocycles. The van der Waals surface area contributed by atoms with Crippen LogP contribution in [-0.4, -0.2) is 45.9 Å². The predicted molar refractivity (Wildman–Crippen MR) is 315 cm³/mol. The predicted octanol–water partition coefficient (Wildman–Crippen LogP) is 18.4. The van der Waals surface area contributed by atoms with Crippen LogP contribution in [0, 0.1) is 5.92 Å². The average Bonchev–Trinajstić information content (AvgIpc) is 3.89. The molecule has 8 heteroatoms. The number of carbonyl (C=O) groups is 4. The number of hydrogen-bond donors (Lipinski definition) is 0. The first-order valence-corrected chi connectivity index (χ1v) is 27.2. The average molecular weight is 1020 g/mol. The number of ether oxygens (including phenoxy) is 2. The molecular formula is C67H90N2O6. The molecule has 8 nitrogen and oxygen atoms in total. The van der Waals surface area contributed by atoms with Gasteiger partial charge in [-0.1, -0.05) is 235 Å². The number of amides is 4. The summed E-state index contributed by atoms with van der Waals surface area (Å²) in [4.78, 5) is 53.1. The van der Waals surface area contributed by atoms with E-state index >= 15 is 0 Å². The van der Waals surface area contributed by atoms with Crippen LogP contribution >= 0.6 is 0 Å². The summed E-state index contributed by atoms with van der Waals surface area (Å²) in [7, 11) is 0. The summed E-state index contributed by atoms with van der Waals surface area (Å²) in [5.41, 5.74) is 1.82. The van der Waals surface area contributed by atoms with Crippen LogP contribution in [0.1, 0.15) is 168 Å². The number of rotatable bonds is 31. The standard InChI is InChI=1S/C34H45NO3.C32H41NO3.CH4/c1-4-6-7-8-9-10-11-12-13-14-15-16-17-18-19-20-21-23-26-30(5-2)33(36)35-29(3)32(38-34(35)37)31-27-24-22-25-28-31;1-3-4-5-6-7-8-9-10-11-12-13-14-15-16-17-18-19-20-24-27-30(34)33-28(2)31(36-32(33)35)29-25-22-21-23-26-29;/h6-7,9-10,12-13,15-16,18-19,21-25,27-30,32H,4-5,8,11,14,17,20,26H2,1-3H3;4-5,7-8,10-11,13-14,16-17,19-23,25-26,28,31H,3,6,9,12,15,18,24,27H2,1-2H3;1H4/b7-6-,10-9-,13-12-,16-15-,19-18-,23-21-;5-4-,8-7-,11-10-,14-13-,17-16-,20-19-;/t29-,30-,32?;28-,31?;/m11./s1. The SMILES string of the molecule is C.CC/C=C\C/C=C\C/C=C\C/C=C\C/C=C\C/C=C\CCC(=O)N1C(=O)OC(c2ccccc2)[C@H]1C.CC/C=C\C/C=C\C/C=C\C/C=C\C/C=C\C/C=C\C[C@@H](CC)C(=O)N1C(=O)OC(c2ccccc2)[C@H]1C. The minimum Gasteiger partial charge on any atom is -0.439 e. The van der Waals surface area contributed by atoms with E-state index in [1.807, 2.05) is 93.6 Å². The third-order valence-corrected chi connectivity index (χ3v) is 12.3. The zero-order valence-electron chi connectivity index (χ0n) is 45.2. The van der Waals surface area contributed by atoms with Crippen LogP contribution < -0.4 is 0 Å². The summed E-state index contributed by atoms with van der Waals surface area (Å²) in [6.07, 6.45) is 63.8. The van der Waals surface area contributed by atoms with Crippen LogP contribution in [0.3, 0.4) is 0 Å². The number of imide groups is 2. The van der Waals surface area contributed by atoms with Gasteiger partial charge >= 0.3 is 12.2 Å². The van der Waals surface area contributed by atoms with Crippen molar-refractivity contribution in [3.63, 3.8) is 0 Å². The second kappa shape index (κ2) is 41.5. The summed E-state index contributed by atoms with van der Waals surface area (Å²) in [5.74, 6) is -0.572. The van der Waals surface area contributed by atoms with Gasteiger partial charge in [0.05, 0.1) is 12.1 Å². The van der Waals surface area contributed by atoms with Gasteiger partial charge in [-0.25, -0.2) is 19.4 Å². The lowest BCUT2D eigenvalue weighted by Gasteiger charge is -2.23. The van der Waals surface area contributed by atoms with Gasteiger partial charge in [0.15, 0.2) is 0 Å². The first kappa shape index (κ1) is 64.3. The molecule has 2 heterocycles. The van der Waals surface area contributed by atoms with Crippen molar-refractivity contribution >= 4 is 24.0 Å². The Labute approximate surface area is 453 Å². The Balaban J connectivity index is 0.000000507. The van der Waals surface area contributed by atoms with E-state index < -0.39 is 24.4 Å². The molecular weight excluding hydrogens is 929 g/mol. The molecule has 0 saturated carbocycles. The summed E-state index contributed by atoms with van der Waals surface area (Å²) < 4.78 is 11.0. The molecule has 404 valence electrons.